The Balaban J connectivity index is 2.13. The summed E-state index contributed by atoms with van der Waals surface area (Å²) in [6.45, 7) is 4.36. The molecule has 0 fully saturated rings. The molecular weight excluding hydrogens is 256 g/mol. The number of methoxy groups -OCH3 is 1. The highest BCUT2D eigenvalue weighted by Gasteiger charge is 2.10. The molecule has 0 aromatic carbocycles. The molecule has 0 N–H and O–H groups in total. The first kappa shape index (κ1) is 14.0. The van der Waals surface area contributed by atoms with Gasteiger partial charge >= 0.3 is 5.97 Å². The van der Waals surface area contributed by atoms with E-state index in [0.717, 1.165) is 17.0 Å². The van der Waals surface area contributed by atoms with Gasteiger partial charge in [-0.05, 0) is 25.0 Å². The fourth-order valence-corrected chi connectivity index (χ4v) is 1.81. The maximum absolute atomic E-state index is 11.1. The molecule has 2 aromatic heterocycles. The molecule has 0 spiro atoms. The number of aryl methyl sites for hydroxylation is 3. The van der Waals surface area contributed by atoms with Crippen molar-refractivity contribution in [2.75, 3.05) is 7.11 Å². The monoisotopic (exact) mass is 273 g/mol. The van der Waals surface area contributed by atoms with Crippen molar-refractivity contribution in [3.63, 3.8) is 0 Å². The van der Waals surface area contributed by atoms with Gasteiger partial charge in [0.2, 0.25) is 0 Å². The Labute approximate surface area is 117 Å². The lowest BCUT2D eigenvalue weighted by atomic mass is 10.2. The van der Waals surface area contributed by atoms with Crippen molar-refractivity contribution in [3.05, 3.63) is 35.9 Å². The molecule has 0 bridgehead atoms. The summed E-state index contributed by atoms with van der Waals surface area (Å²) in [4.78, 5) is 19.8. The lowest BCUT2D eigenvalue weighted by molar-refractivity contribution is -0.752. The van der Waals surface area contributed by atoms with Crippen LogP contribution >= 0.6 is 0 Å². The van der Waals surface area contributed by atoms with Crippen LogP contribution < -0.4 is 4.68 Å². The minimum absolute atomic E-state index is 0.249. The van der Waals surface area contributed by atoms with Crippen LogP contribution in [0.2, 0.25) is 0 Å². The number of carbonyl (C=O) groups excluding carboxylic acids is 1. The highest BCUT2D eigenvalue weighted by Crippen LogP contribution is 2.12. The summed E-state index contributed by atoms with van der Waals surface area (Å²) in [5.41, 5.74) is 2.70. The lowest BCUT2D eigenvalue weighted by Gasteiger charge is -2.02. The Hall–Kier alpha value is -2.37. The molecule has 0 radical (unpaired) electrons. The van der Waals surface area contributed by atoms with Crippen LogP contribution in [-0.2, 0) is 16.1 Å². The minimum atomic E-state index is -0.249. The Bertz CT molecular complexity index is 591. The predicted molar refractivity (Wildman–Crippen MR) is 71.6 cm³/mol. The van der Waals surface area contributed by atoms with E-state index in [4.69, 9.17) is 0 Å². The fourth-order valence-electron chi connectivity index (χ4n) is 1.81. The maximum Gasteiger partial charge on any atom is 0.312 e. The summed E-state index contributed by atoms with van der Waals surface area (Å²) in [7, 11) is 1.38. The van der Waals surface area contributed by atoms with Gasteiger partial charge in [0, 0.05) is 23.0 Å². The first-order valence-electron chi connectivity index (χ1n) is 6.34. The molecule has 0 aliphatic heterocycles. The zero-order valence-electron chi connectivity index (χ0n) is 11.8. The summed E-state index contributed by atoms with van der Waals surface area (Å²) in [6.07, 6.45) is 3.80. The second kappa shape index (κ2) is 6.18. The topological polar surface area (TPSA) is 68.8 Å². The number of aromatic nitrogens is 4. The zero-order chi connectivity index (χ0) is 14.5. The van der Waals surface area contributed by atoms with Crippen LogP contribution in [0.1, 0.15) is 17.8 Å². The number of rotatable bonds is 4. The first-order valence-corrected chi connectivity index (χ1v) is 6.34. The summed E-state index contributed by atoms with van der Waals surface area (Å²) >= 11 is 0. The van der Waals surface area contributed by atoms with Crippen molar-refractivity contribution < 1.29 is 14.2 Å². The first-order chi connectivity index (χ1) is 9.58. The van der Waals surface area contributed by atoms with Gasteiger partial charge in [0.05, 0.1) is 7.11 Å². The molecule has 104 valence electrons. The van der Waals surface area contributed by atoms with Crippen molar-refractivity contribution in [2.24, 2.45) is 0 Å². The third-order valence-electron chi connectivity index (χ3n) is 2.78. The quantitative estimate of drug-likeness (QED) is 0.614. The van der Waals surface area contributed by atoms with Gasteiger partial charge in [-0.25, -0.2) is 9.97 Å². The van der Waals surface area contributed by atoms with Crippen molar-refractivity contribution in [2.45, 2.75) is 26.8 Å². The molecule has 6 nitrogen and oxygen atoms in total. The second-order valence-corrected chi connectivity index (χ2v) is 4.48. The van der Waals surface area contributed by atoms with Crippen LogP contribution in [-0.4, -0.2) is 28.1 Å². The van der Waals surface area contributed by atoms with E-state index < -0.39 is 0 Å². The number of carbonyl (C=O) groups is 1. The third kappa shape index (κ3) is 3.57. The fraction of sp³-hybridized carbons (Fsp3) is 0.357. The average Bonchev–Trinajstić information content (AvgIpc) is 2.44. The van der Waals surface area contributed by atoms with Gasteiger partial charge in [0.1, 0.15) is 12.6 Å². The van der Waals surface area contributed by atoms with Crippen molar-refractivity contribution >= 4 is 5.97 Å². The van der Waals surface area contributed by atoms with Gasteiger partial charge in [0.15, 0.2) is 18.6 Å². The predicted octanol–water partition coefficient (Wildman–Crippen LogP) is 1.01. The van der Waals surface area contributed by atoms with E-state index in [1.807, 2.05) is 26.0 Å². The van der Waals surface area contributed by atoms with Gasteiger partial charge in [-0.2, -0.15) is 0 Å². The number of hydrogen-bond donors (Lipinski definition) is 0. The number of hydrogen-bond acceptors (Lipinski definition) is 5. The summed E-state index contributed by atoms with van der Waals surface area (Å²) in [6, 6.07) is 3.81. The van der Waals surface area contributed by atoms with E-state index >= 15 is 0 Å². The molecule has 6 heteroatoms. The number of ether oxygens (including phenoxy) is 1. The normalized spacial score (nSPS) is 10.3. The van der Waals surface area contributed by atoms with Crippen LogP contribution in [0.3, 0.4) is 0 Å². The largest absolute Gasteiger partial charge is 0.469 e. The molecule has 0 saturated carbocycles. The van der Waals surface area contributed by atoms with Crippen LogP contribution in [0.15, 0.2) is 24.5 Å². The molecule has 0 aliphatic rings. The number of esters is 1. The Morgan fingerprint density at radius 1 is 1.30 bits per heavy atom. The van der Waals surface area contributed by atoms with Crippen LogP contribution in [0.25, 0.3) is 11.4 Å². The average molecular weight is 273 g/mol. The summed E-state index contributed by atoms with van der Waals surface area (Å²) in [5.74, 6) is 0.413. The molecule has 2 heterocycles. The van der Waals surface area contributed by atoms with E-state index in [2.05, 4.69) is 19.8 Å². The Kier molecular flexibility index (Phi) is 4.34. The molecule has 20 heavy (non-hydrogen) atoms. The highest BCUT2D eigenvalue weighted by atomic mass is 16.5. The standard InChI is InChI=1S/C14H17N4O2/c1-10-8-11(2)17-14(16-10)12-4-6-18(15-9-12)7-5-13(19)20-3/h4,6,8-9H,5,7H2,1-3H3/q+1. The minimum Gasteiger partial charge on any atom is -0.469 e. The smallest absolute Gasteiger partial charge is 0.312 e. The van der Waals surface area contributed by atoms with Gasteiger partial charge in [-0.3, -0.25) is 4.79 Å². The third-order valence-corrected chi connectivity index (χ3v) is 2.78. The Morgan fingerprint density at radius 3 is 2.55 bits per heavy atom. The molecule has 2 rings (SSSR count). The van der Waals surface area contributed by atoms with E-state index in [0.29, 0.717) is 18.8 Å². The molecular formula is C14H17N4O2+. The van der Waals surface area contributed by atoms with Gasteiger partial charge in [0.25, 0.3) is 0 Å². The maximum atomic E-state index is 11.1. The summed E-state index contributed by atoms with van der Waals surface area (Å²) < 4.78 is 6.27. The zero-order valence-corrected chi connectivity index (χ0v) is 11.8. The molecule has 0 amide bonds. The van der Waals surface area contributed by atoms with Crippen LogP contribution in [0.4, 0.5) is 0 Å². The van der Waals surface area contributed by atoms with E-state index in [1.54, 1.807) is 17.1 Å². The highest BCUT2D eigenvalue weighted by molar-refractivity contribution is 5.68. The van der Waals surface area contributed by atoms with Gasteiger partial charge in [-0.15, -0.1) is 0 Å². The summed E-state index contributed by atoms with van der Waals surface area (Å²) in [5, 5.41) is 4.25. The second-order valence-electron chi connectivity index (χ2n) is 4.48. The van der Waals surface area contributed by atoms with Crippen molar-refractivity contribution in [1.29, 1.82) is 0 Å². The van der Waals surface area contributed by atoms with E-state index in [-0.39, 0.29) is 5.97 Å². The van der Waals surface area contributed by atoms with Crippen molar-refractivity contribution in [1.82, 2.24) is 15.1 Å². The molecule has 0 aliphatic carbocycles. The van der Waals surface area contributed by atoms with Gasteiger partial charge < -0.3 is 4.74 Å². The lowest BCUT2D eigenvalue weighted by Crippen LogP contribution is -2.38. The molecule has 0 unspecified atom stereocenters. The van der Waals surface area contributed by atoms with E-state index in [9.17, 15) is 4.79 Å². The van der Waals surface area contributed by atoms with Gasteiger partial charge in [-0.1, -0.05) is 4.68 Å². The molecule has 0 saturated heterocycles. The Morgan fingerprint density at radius 2 is 2.00 bits per heavy atom. The van der Waals surface area contributed by atoms with Crippen LogP contribution in [0, 0.1) is 13.8 Å². The number of nitrogens with zero attached hydrogens (tertiary/aromatic N) is 4. The SMILES string of the molecule is COC(=O)CC[n+]1ccc(-c2nc(C)cc(C)n2)cn1. The van der Waals surface area contributed by atoms with Crippen molar-refractivity contribution in [3.8, 4) is 11.4 Å². The van der Waals surface area contributed by atoms with Crippen LogP contribution in [0.5, 0.6) is 0 Å². The van der Waals surface area contributed by atoms with E-state index in [1.165, 1.54) is 7.11 Å². The molecule has 0 atom stereocenters. The molecule has 2 aromatic rings.